The third kappa shape index (κ3) is 3.61. The highest BCUT2D eigenvalue weighted by Crippen LogP contribution is 2.33. The van der Waals surface area contributed by atoms with E-state index >= 15 is 0 Å². The van der Waals surface area contributed by atoms with E-state index in [1.165, 1.54) is 12.8 Å². The van der Waals surface area contributed by atoms with Crippen LogP contribution in [0.2, 0.25) is 10.0 Å². The molecule has 1 saturated carbocycles. The van der Waals surface area contributed by atoms with E-state index < -0.39 is 5.60 Å². The van der Waals surface area contributed by atoms with E-state index in [0.717, 1.165) is 31.2 Å². The van der Waals surface area contributed by atoms with Gasteiger partial charge in [-0.3, -0.25) is 0 Å². The molecule has 1 aliphatic rings. The first-order chi connectivity index (χ1) is 8.09. The van der Waals surface area contributed by atoms with Gasteiger partial charge in [0.1, 0.15) is 0 Å². The normalized spacial score (nSPS) is 19.9. The minimum absolute atomic E-state index is 0.592. The van der Waals surface area contributed by atoms with E-state index in [1.807, 2.05) is 6.07 Å². The van der Waals surface area contributed by atoms with Gasteiger partial charge in [-0.2, -0.15) is 0 Å². The second kappa shape index (κ2) is 5.60. The number of aliphatic hydroxyl groups is 1. The van der Waals surface area contributed by atoms with Crippen LogP contribution in [0.5, 0.6) is 0 Å². The van der Waals surface area contributed by atoms with Crippen LogP contribution in [0, 0.1) is 0 Å². The van der Waals surface area contributed by atoms with Crippen LogP contribution in [0.15, 0.2) is 18.2 Å². The number of rotatable bonds is 2. The Labute approximate surface area is 113 Å². The summed E-state index contributed by atoms with van der Waals surface area (Å²) >= 11 is 12.1. The molecule has 94 valence electrons. The zero-order valence-electron chi connectivity index (χ0n) is 9.88. The molecule has 0 aromatic heterocycles. The van der Waals surface area contributed by atoms with Gasteiger partial charge in [-0.05, 0) is 36.6 Å². The molecule has 0 atom stereocenters. The molecule has 0 spiro atoms. The van der Waals surface area contributed by atoms with Gasteiger partial charge in [-0.15, -0.1) is 0 Å². The smallest absolute Gasteiger partial charge is 0.0688 e. The molecule has 0 unspecified atom stereocenters. The van der Waals surface area contributed by atoms with Crippen LogP contribution in [0.1, 0.15) is 44.1 Å². The van der Waals surface area contributed by atoms with Gasteiger partial charge in [0.05, 0.1) is 5.60 Å². The highest BCUT2D eigenvalue weighted by Gasteiger charge is 2.28. The summed E-state index contributed by atoms with van der Waals surface area (Å²) in [4.78, 5) is 0. The zero-order chi connectivity index (χ0) is 12.3. The lowest BCUT2D eigenvalue weighted by molar-refractivity contribution is 0.0253. The van der Waals surface area contributed by atoms with Crippen molar-refractivity contribution < 1.29 is 5.11 Å². The van der Waals surface area contributed by atoms with Crippen molar-refractivity contribution in [2.45, 2.75) is 50.5 Å². The molecule has 0 amide bonds. The summed E-state index contributed by atoms with van der Waals surface area (Å²) in [6.07, 6.45) is 7.03. The molecule has 0 saturated heterocycles. The average molecular weight is 273 g/mol. The minimum Gasteiger partial charge on any atom is -0.390 e. The van der Waals surface area contributed by atoms with Crippen molar-refractivity contribution in [2.24, 2.45) is 0 Å². The first-order valence-electron chi connectivity index (χ1n) is 6.25. The molecular formula is C14H18Cl2O. The molecule has 0 bridgehead atoms. The first kappa shape index (κ1) is 13.2. The second-order valence-electron chi connectivity index (χ2n) is 5.05. The quantitative estimate of drug-likeness (QED) is 0.779. The van der Waals surface area contributed by atoms with Crippen molar-refractivity contribution in [1.29, 1.82) is 0 Å². The Bertz CT molecular complexity index is 382. The maximum Gasteiger partial charge on any atom is 0.0688 e. The van der Waals surface area contributed by atoms with Gasteiger partial charge in [0.15, 0.2) is 0 Å². The van der Waals surface area contributed by atoms with Gasteiger partial charge in [0.25, 0.3) is 0 Å². The molecule has 1 aromatic carbocycles. The third-order valence-electron chi connectivity index (χ3n) is 3.56. The van der Waals surface area contributed by atoms with Crippen LogP contribution in [-0.2, 0) is 6.42 Å². The Morgan fingerprint density at radius 2 is 1.71 bits per heavy atom. The highest BCUT2D eigenvalue weighted by atomic mass is 35.5. The molecular weight excluding hydrogens is 255 g/mol. The first-order valence-corrected chi connectivity index (χ1v) is 7.01. The third-order valence-corrected chi connectivity index (χ3v) is 4.17. The molecule has 0 radical (unpaired) electrons. The monoisotopic (exact) mass is 272 g/mol. The molecule has 0 aliphatic heterocycles. The van der Waals surface area contributed by atoms with Gasteiger partial charge in [0.2, 0.25) is 0 Å². The lowest BCUT2D eigenvalue weighted by atomic mass is 9.87. The number of hydrogen-bond donors (Lipinski definition) is 1. The van der Waals surface area contributed by atoms with Gasteiger partial charge >= 0.3 is 0 Å². The number of hydrogen-bond acceptors (Lipinski definition) is 1. The Balaban J connectivity index is 2.15. The lowest BCUT2D eigenvalue weighted by Crippen LogP contribution is -2.30. The van der Waals surface area contributed by atoms with Gasteiger partial charge < -0.3 is 5.11 Å². The zero-order valence-corrected chi connectivity index (χ0v) is 11.4. The fraction of sp³-hybridized carbons (Fsp3) is 0.571. The molecule has 1 aliphatic carbocycles. The standard InChI is InChI=1S/C14H18Cl2O/c15-12-5-6-13(16)11(9-12)10-14(17)7-3-1-2-4-8-14/h5-6,9,17H,1-4,7-8,10H2. The van der Waals surface area contributed by atoms with Crippen molar-refractivity contribution in [3.8, 4) is 0 Å². The van der Waals surface area contributed by atoms with E-state index in [4.69, 9.17) is 23.2 Å². The fourth-order valence-electron chi connectivity index (χ4n) is 2.60. The maximum atomic E-state index is 10.6. The Kier molecular flexibility index (Phi) is 4.35. The van der Waals surface area contributed by atoms with Crippen LogP contribution in [0.25, 0.3) is 0 Å². The predicted molar refractivity (Wildman–Crippen MR) is 72.8 cm³/mol. The van der Waals surface area contributed by atoms with Crippen LogP contribution in [-0.4, -0.2) is 10.7 Å². The Morgan fingerprint density at radius 3 is 2.35 bits per heavy atom. The molecule has 1 nitrogen and oxygen atoms in total. The highest BCUT2D eigenvalue weighted by molar-refractivity contribution is 6.33. The van der Waals surface area contributed by atoms with Crippen LogP contribution in [0.3, 0.4) is 0 Å². The predicted octanol–water partition coefficient (Wildman–Crippen LogP) is 4.62. The topological polar surface area (TPSA) is 20.2 Å². The van der Waals surface area contributed by atoms with Gasteiger partial charge in [0, 0.05) is 16.5 Å². The summed E-state index contributed by atoms with van der Waals surface area (Å²) in [5.74, 6) is 0. The Hall–Kier alpha value is -0.240. The van der Waals surface area contributed by atoms with E-state index in [9.17, 15) is 5.11 Å². The van der Waals surface area contributed by atoms with Crippen LogP contribution >= 0.6 is 23.2 Å². The number of benzene rings is 1. The summed E-state index contributed by atoms with van der Waals surface area (Å²) in [7, 11) is 0. The lowest BCUT2D eigenvalue weighted by Gasteiger charge is -2.27. The SMILES string of the molecule is OC1(Cc2cc(Cl)ccc2Cl)CCCCCC1. The Morgan fingerprint density at radius 1 is 1.06 bits per heavy atom. The van der Waals surface area contributed by atoms with Crippen molar-refractivity contribution >= 4 is 23.2 Å². The van der Waals surface area contributed by atoms with E-state index in [2.05, 4.69) is 0 Å². The van der Waals surface area contributed by atoms with Gasteiger partial charge in [-0.25, -0.2) is 0 Å². The van der Waals surface area contributed by atoms with Crippen molar-refractivity contribution in [3.63, 3.8) is 0 Å². The molecule has 1 fully saturated rings. The summed E-state index contributed by atoms with van der Waals surface area (Å²) in [6, 6.07) is 5.45. The maximum absolute atomic E-state index is 10.6. The molecule has 17 heavy (non-hydrogen) atoms. The van der Waals surface area contributed by atoms with Gasteiger partial charge in [-0.1, -0.05) is 48.9 Å². The largest absolute Gasteiger partial charge is 0.390 e. The van der Waals surface area contributed by atoms with Crippen LogP contribution in [0.4, 0.5) is 0 Å². The average Bonchev–Trinajstić information content (AvgIpc) is 2.49. The molecule has 0 heterocycles. The number of halogens is 2. The molecule has 1 aromatic rings. The summed E-state index contributed by atoms with van der Waals surface area (Å²) < 4.78 is 0. The van der Waals surface area contributed by atoms with Crippen LogP contribution < -0.4 is 0 Å². The fourth-order valence-corrected chi connectivity index (χ4v) is 2.98. The summed E-state index contributed by atoms with van der Waals surface area (Å²) in [5, 5.41) is 12.0. The van der Waals surface area contributed by atoms with Crippen molar-refractivity contribution in [1.82, 2.24) is 0 Å². The summed E-state index contributed by atoms with van der Waals surface area (Å²) in [5.41, 5.74) is 0.369. The minimum atomic E-state index is -0.592. The molecule has 1 N–H and O–H groups in total. The van der Waals surface area contributed by atoms with E-state index in [-0.39, 0.29) is 0 Å². The molecule has 2 rings (SSSR count). The van der Waals surface area contributed by atoms with E-state index in [0.29, 0.717) is 16.5 Å². The van der Waals surface area contributed by atoms with E-state index in [1.54, 1.807) is 12.1 Å². The molecule has 3 heteroatoms. The summed E-state index contributed by atoms with van der Waals surface area (Å²) in [6.45, 7) is 0. The van der Waals surface area contributed by atoms with Crippen molar-refractivity contribution in [2.75, 3.05) is 0 Å². The van der Waals surface area contributed by atoms with Crippen molar-refractivity contribution in [3.05, 3.63) is 33.8 Å². The second-order valence-corrected chi connectivity index (χ2v) is 5.89.